The Kier molecular flexibility index (Phi) is 6.64. The number of rotatable bonds is 9. The second-order valence-corrected chi connectivity index (χ2v) is 7.52. The molecule has 8 nitrogen and oxygen atoms in total. The minimum atomic E-state index is -0.927. The standard InChI is InChI=1S/C25H22N2O6/c28-22(21-12-6-14-32-21)26-20(16-17-8-2-1-3-9-17)25(31)33-15-7-13-27-23(29)18-10-4-5-11-19(18)24(27)30/h1-6,8-12,14,20H,7,13,15-16H2,(H,26,28)/t20-/m0/s1. The number of hydrogen-bond donors (Lipinski definition) is 1. The SMILES string of the molecule is O=C(N[C@@H](Cc1ccccc1)C(=O)OCCCN1C(=O)c2ccccc2C1=O)c1ccco1. The summed E-state index contributed by atoms with van der Waals surface area (Å²) in [6.45, 7) is 0.121. The van der Waals surface area contributed by atoms with Crippen molar-refractivity contribution in [3.8, 4) is 0 Å². The van der Waals surface area contributed by atoms with Gasteiger partial charge in [-0.15, -0.1) is 0 Å². The van der Waals surface area contributed by atoms with E-state index in [-0.39, 0.29) is 43.6 Å². The highest BCUT2D eigenvalue weighted by Gasteiger charge is 2.34. The van der Waals surface area contributed by atoms with E-state index in [1.807, 2.05) is 30.3 Å². The largest absolute Gasteiger partial charge is 0.464 e. The van der Waals surface area contributed by atoms with Crippen LogP contribution in [0, 0.1) is 0 Å². The Bertz CT molecular complexity index is 1120. The monoisotopic (exact) mass is 446 g/mol. The second-order valence-electron chi connectivity index (χ2n) is 7.52. The molecular weight excluding hydrogens is 424 g/mol. The first-order chi connectivity index (χ1) is 16.0. The number of hydrogen-bond acceptors (Lipinski definition) is 6. The van der Waals surface area contributed by atoms with Gasteiger partial charge in [0, 0.05) is 13.0 Å². The number of nitrogens with one attached hydrogen (secondary N) is 1. The van der Waals surface area contributed by atoms with Gasteiger partial charge in [-0.2, -0.15) is 0 Å². The van der Waals surface area contributed by atoms with Crippen molar-refractivity contribution in [1.29, 1.82) is 0 Å². The summed E-state index contributed by atoms with van der Waals surface area (Å²) in [6.07, 6.45) is 1.89. The van der Waals surface area contributed by atoms with Crippen LogP contribution in [0.2, 0.25) is 0 Å². The normalized spacial score (nSPS) is 13.5. The van der Waals surface area contributed by atoms with Crippen LogP contribution >= 0.6 is 0 Å². The molecule has 3 amide bonds. The van der Waals surface area contributed by atoms with E-state index in [9.17, 15) is 19.2 Å². The molecule has 0 spiro atoms. The lowest BCUT2D eigenvalue weighted by molar-refractivity contribution is -0.146. The van der Waals surface area contributed by atoms with E-state index in [2.05, 4.69) is 5.32 Å². The number of fused-ring (bicyclic) bond motifs is 1. The summed E-state index contributed by atoms with van der Waals surface area (Å²) in [4.78, 5) is 51.1. The maximum absolute atomic E-state index is 12.7. The van der Waals surface area contributed by atoms with Crippen molar-refractivity contribution in [2.75, 3.05) is 13.2 Å². The Morgan fingerprint density at radius 2 is 1.58 bits per heavy atom. The van der Waals surface area contributed by atoms with E-state index in [1.54, 1.807) is 30.3 Å². The van der Waals surface area contributed by atoms with Crippen molar-refractivity contribution in [3.63, 3.8) is 0 Å². The minimum Gasteiger partial charge on any atom is -0.464 e. The predicted molar refractivity (Wildman–Crippen MR) is 117 cm³/mol. The maximum atomic E-state index is 12.7. The predicted octanol–water partition coefficient (Wildman–Crippen LogP) is 2.85. The molecule has 1 atom stereocenters. The molecule has 1 aromatic heterocycles. The fourth-order valence-electron chi connectivity index (χ4n) is 3.62. The molecule has 2 aromatic carbocycles. The molecule has 4 rings (SSSR count). The molecule has 168 valence electrons. The summed E-state index contributed by atoms with van der Waals surface area (Å²) in [5, 5.41) is 2.65. The molecule has 0 bridgehead atoms. The summed E-state index contributed by atoms with van der Waals surface area (Å²) in [6, 6.07) is 18.0. The third kappa shape index (κ3) is 5.01. The van der Waals surface area contributed by atoms with Gasteiger partial charge in [-0.3, -0.25) is 19.3 Å². The first-order valence-electron chi connectivity index (χ1n) is 10.5. The van der Waals surface area contributed by atoms with Gasteiger partial charge in [-0.25, -0.2) is 4.79 Å². The summed E-state index contributed by atoms with van der Waals surface area (Å²) in [5.74, 6) is -1.75. The molecule has 33 heavy (non-hydrogen) atoms. The highest BCUT2D eigenvalue weighted by Crippen LogP contribution is 2.22. The Hall–Kier alpha value is -4.20. The number of ether oxygens (including phenoxy) is 1. The van der Waals surface area contributed by atoms with E-state index >= 15 is 0 Å². The topological polar surface area (TPSA) is 106 Å². The number of carbonyl (C=O) groups is 4. The molecule has 1 aliphatic heterocycles. The van der Waals surface area contributed by atoms with Crippen LogP contribution in [0.5, 0.6) is 0 Å². The Balaban J connectivity index is 1.33. The molecule has 0 fully saturated rings. The fraction of sp³-hybridized carbons (Fsp3) is 0.200. The molecule has 2 heterocycles. The minimum absolute atomic E-state index is 0.00580. The van der Waals surface area contributed by atoms with Crippen molar-refractivity contribution >= 4 is 23.7 Å². The number of carbonyl (C=O) groups excluding carboxylic acids is 4. The third-order valence-corrected chi connectivity index (χ3v) is 5.27. The molecule has 3 aromatic rings. The number of esters is 1. The summed E-state index contributed by atoms with van der Waals surface area (Å²) in [5.41, 5.74) is 1.61. The Labute approximate surface area is 190 Å². The van der Waals surface area contributed by atoms with Gasteiger partial charge in [0.15, 0.2) is 5.76 Å². The Morgan fingerprint density at radius 3 is 2.21 bits per heavy atom. The molecule has 8 heteroatoms. The molecule has 0 aliphatic carbocycles. The molecule has 0 radical (unpaired) electrons. The smallest absolute Gasteiger partial charge is 0.328 e. The highest BCUT2D eigenvalue weighted by molar-refractivity contribution is 6.21. The first-order valence-corrected chi connectivity index (χ1v) is 10.5. The summed E-state index contributed by atoms with van der Waals surface area (Å²) >= 11 is 0. The zero-order valence-corrected chi connectivity index (χ0v) is 17.7. The zero-order valence-electron chi connectivity index (χ0n) is 17.7. The van der Waals surface area contributed by atoms with Crippen LogP contribution in [0.25, 0.3) is 0 Å². The quantitative estimate of drug-likeness (QED) is 0.308. The van der Waals surface area contributed by atoms with E-state index < -0.39 is 17.9 Å². The molecule has 0 saturated carbocycles. The van der Waals surface area contributed by atoms with Crippen LogP contribution in [0.4, 0.5) is 0 Å². The first kappa shape index (κ1) is 22.0. The van der Waals surface area contributed by atoms with Crippen LogP contribution in [0.3, 0.4) is 0 Å². The van der Waals surface area contributed by atoms with Gasteiger partial charge in [-0.05, 0) is 36.2 Å². The number of amides is 3. The van der Waals surface area contributed by atoms with E-state index in [1.165, 1.54) is 12.3 Å². The average molecular weight is 446 g/mol. The van der Waals surface area contributed by atoms with Crippen LogP contribution in [-0.2, 0) is 16.0 Å². The lowest BCUT2D eigenvalue weighted by Gasteiger charge is -2.18. The lowest BCUT2D eigenvalue weighted by atomic mass is 10.1. The lowest BCUT2D eigenvalue weighted by Crippen LogP contribution is -2.43. The fourth-order valence-corrected chi connectivity index (χ4v) is 3.62. The van der Waals surface area contributed by atoms with Crippen molar-refractivity contribution in [1.82, 2.24) is 10.2 Å². The van der Waals surface area contributed by atoms with Crippen LogP contribution in [-0.4, -0.2) is 47.8 Å². The molecule has 1 N–H and O–H groups in total. The average Bonchev–Trinajstić information content (AvgIpc) is 3.45. The number of furan rings is 1. The van der Waals surface area contributed by atoms with Crippen molar-refractivity contribution in [2.24, 2.45) is 0 Å². The van der Waals surface area contributed by atoms with E-state index in [0.29, 0.717) is 11.1 Å². The molecule has 0 unspecified atom stereocenters. The van der Waals surface area contributed by atoms with Crippen molar-refractivity contribution < 1.29 is 28.3 Å². The van der Waals surface area contributed by atoms with Crippen LogP contribution in [0.15, 0.2) is 77.4 Å². The van der Waals surface area contributed by atoms with Crippen molar-refractivity contribution in [3.05, 3.63) is 95.4 Å². The van der Waals surface area contributed by atoms with Gasteiger partial charge < -0.3 is 14.5 Å². The van der Waals surface area contributed by atoms with Gasteiger partial charge >= 0.3 is 5.97 Å². The van der Waals surface area contributed by atoms with Crippen LogP contribution in [0.1, 0.15) is 43.3 Å². The number of imide groups is 1. The molecule has 0 saturated heterocycles. The maximum Gasteiger partial charge on any atom is 0.328 e. The second kappa shape index (κ2) is 9.95. The van der Waals surface area contributed by atoms with E-state index in [4.69, 9.17) is 9.15 Å². The van der Waals surface area contributed by atoms with Crippen molar-refractivity contribution in [2.45, 2.75) is 18.9 Å². The Morgan fingerprint density at radius 1 is 0.909 bits per heavy atom. The van der Waals surface area contributed by atoms with Gasteiger partial charge in [0.1, 0.15) is 6.04 Å². The summed E-state index contributed by atoms with van der Waals surface area (Å²) in [7, 11) is 0. The number of nitrogens with zero attached hydrogens (tertiary/aromatic N) is 1. The third-order valence-electron chi connectivity index (χ3n) is 5.27. The molecular formula is C25H22N2O6. The van der Waals surface area contributed by atoms with Gasteiger partial charge in [0.2, 0.25) is 0 Å². The highest BCUT2D eigenvalue weighted by atomic mass is 16.5. The zero-order chi connectivity index (χ0) is 23.2. The van der Waals surface area contributed by atoms with Crippen LogP contribution < -0.4 is 5.32 Å². The number of benzene rings is 2. The van der Waals surface area contributed by atoms with Gasteiger partial charge in [0.25, 0.3) is 17.7 Å². The van der Waals surface area contributed by atoms with E-state index in [0.717, 1.165) is 10.5 Å². The molecule has 1 aliphatic rings. The van der Waals surface area contributed by atoms with Gasteiger partial charge in [0.05, 0.1) is 24.0 Å². The summed E-state index contributed by atoms with van der Waals surface area (Å²) < 4.78 is 10.5. The van der Waals surface area contributed by atoms with Gasteiger partial charge in [-0.1, -0.05) is 42.5 Å².